The third-order valence-corrected chi connectivity index (χ3v) is 2.66. The molecule has 1 saturated heterocycles. The van der Waals surface area contributed by atoms with E-state index in [4.69, 9.17) is 4.74 Å². The van der Waals surface area contributed by atoms with E-state index >= 15 is 0 Å². The summed E-state index contributed by atoms with van der Waals surface area (Å²) in [6.07, 6.45) is 0.942. The van der Waals surface area contributed by atoms with Crippen LogP contribution in [0.1, 0.15) is 16.9 Å². The molecule has 86 valence electrons. The summed E-state index contributed by atoms with van der Waals surface area (Å²) in [6.45, 7) is 1.24. The molecule has 0 radical (unpaired) electrons. The SMILES string of the molecule is COC1CCN(C(=O)c2ccc(=O)[nH]n2)C1. The van der Waals surface area contributed by atoms with Crippen LogP contribution >= 0.6 is 0 Å². The van der Waals surface area contributed by atoms with Gasteiger partial charge in [-0.1, -0.05) is 0 Å². The number of amides is 1. The summed E-state index contributed by atoms with van der Waals surface area (Å²) in [5.74, 6) is -0.171. The van der Waals surface area contributed by atoms with Gasteiger partial charge in [-0.2, -0.15) is 5.10 Å². The zero-order valence-corrected chi connectivity index (χ0v) is 8.97. The second kappa shape index (κ2) is 4.44. The van der Waals surface area contributed by atoms with E-state index in [9.17, 15) is 9.59 Å². The van der Waals surface area contributed by atoms with Gasteiger partial charge in [0.15, 0.2) is 0 Å². The Hall–Kier alpha value is -1.69. The summed E-state index contributed by atoms with van der Waals surface area (Å²) in [4.78, 5) is 24.4. The summed E-state index contributed by atoms with van der Waals surface area (Å²) in [5, 5.41) is 5.95. The summed E-state index contributed by atoms with van der Waals surface area (Å²) in [5.41, 5.74) is -0.0518. The van der Waals surface area contributed by atoms with Crippen LogP contribution in [-0.4, -0.2) is 47.3 Å². The Morgan fingerprint density at radius 3 is 3.00 bits per heavy atom. The third-order valence-electron chi connectivity index (χ3n) is 2.66. The highest BCUT2D eigenvalue weighted by Gasteiger charge is 2.27. The van der Waals surface area contributed by atoms with Crippen molar-refractivity contribution in [2.45, 2.75) is 12.5 Å². The summed E-state index contributed by atoms with van der Waals surface area (Å²) >= 11 is 0. The van der Waals surface area contributed by atoms with Crippen LogP contribution in [0.2, 0.25) is 0 Å². The van der Waals surface area contributed by atoms with Crippen LogP contribution < -0.4 is 5.56 Å². The Balaban J connectivity index is 2.08. The number of hydrogen-bond acceptors (Lipinski definition) is 4. The smallest absolute Gasteiger partial charge is 0.274 e. The Morgan fingerprint density at radius 2 is 2.44 bits per heavy atom. The topological polar surface area (TPSA) is 75.3 Å². The van der Waals surface area contributed by atoms with Gasteiger partial charge in [0, 0.05) is 26.3 Å². The minimum absolute atomic E-state index is 0.103. The van der Waals surface area contributed by atoms with Crippen LogP contribution in [-0.2, 0) is 4.74 Å². The molecule has 6 heteroatoms. The van der Waals surface area contributed by atoms with Crippen molar-refractivity contribution in [1.29, 1.82) is 0 Å². The average molecular weight is 223 g/mol. The number of nitrogens with one attached hydrogen (secondary N) is 1. The number of likely N-dealkylation sites (tertiary alicyclic amines) is 1. The second-order valence-electron chi connectivity index (χ2n) is 3.70. The van der Waals surface area contributed by atoms with Gasteiger partial charge in [-0.05, 0) is 12.5 Å². The summed E-state index contributed by atoms with van der Waals surface area (Å²) in [7, 11) is 1.64. The Labute approximate surface area is 92.2 Å². The molecule has 1 aromatic rings. The molecule has 0 aliphatic carbocycles. The first-order chi connectivity index (χ1) is 7.70. The van der Waals surface area contributed by atoms with E-state index in [0.717, 1.165) is 6.42 Å². The van der Waals surface area contributed by atoms with Crippen molar-refractivity contribution in [3.8, 4) is 0 Å². The first-order valence-corrected chi connectivity index (χ1v) is 5.08. The monoisotopic (exact) mass is 223 g/mol. The minimum atomic E-state index is -0.312. The van der Waals surface area contributed by atoms with Crippen LogP contribution in [0.25, 0.3) is 0 Å². The maximum absolute atomic E-state index is 11.9. The molecule has 1 N–H and O–H groups in total. The van der Waals surface area contributed by atoms with E-state index in [1.165, 1.54) is 12.1 Å². The number of aromatic amines is 1. The largest absolute Gasteiger partial charge is 0.380 e. The van der Waals surface area contributed by atoms with Gasteiger partial charge >= 0.3 is 0 Å². The van der Waals surface area contributed by atoms with E-state index in [-0.39, 0.29) is 23.3 Å². The van der Waals surface area contributed by atoms with Crippen LogP contribution in [0.5, 0.6) is 0 Å². The molecule has 1 amide bonds. The Bertz CT molecular complexity index is 423. The number of carbonyl (C=O) groups excluding carboxylic acids is 1. The molecule has 1 aromatic heterocycles. The third kappa shape index (κ3) is 2.11. The second-order valence-corrected chi connectivity index (χ2v) is 3.70. The maximum Gasteiger partial charge on any atom is 0.274 e. The Morgan fingerprint density at radius 1 is 1.62 bits per heavy atom. The van der Waals surface area contributed by atoms with Crippen molar-refractivity contribution in [1.82, 2.24) is 15.1 Å². The quantitative estimate of drug-likeness (QED) is 0.742. The van der Waals surface area contributed by atoms with Gasteiger partial charge in [-0.3, -0.25) is 9.59 Å². The van der Waals surface area contributed by atoms with E-state index in [0.29, 0.717) is 13.1 Å². The molecule has 1 atom stereocenters. The molecule has 0 aromatic carbocycles. The van der Waals surface area contributed by atoms with Crippen LogP contribution in [0.15, 0.2) is 16.9 Å². The van der Waals surface area contributed by atoms with Crippen molar-refractivity contribution in [2.24, 2.45) is 0 Å². The molecule has 1 unspecified atom stereocenters. The first kappa shape index (κ1) is 10.8. The Kier molecular flexibility index (Phi) is 3.00. The van der Waals surface area contributed by atoms with Crippen LogP contribution in [0.3, 0.4) is 0 Å². The molecule has 0 spiro atoms. The molecule has 2 rings (SSSR count). The van der Waals surface area contributed by atoms with E-state index in [2.05, 4.69) is 10.2 Å². The number of H-pyrrole nitrogens is 1. The van der Waals surface area contributed by atoms with E-state index < -0.39 is 0 Å². The summed E-state index contributed by atoms with van der Waals surface area (Å²) < 4.78 is 5.17. The van der Waals surface area contributed by atoms with E-state index in [1.54, 1.807) is 12.0 Å². The zero-order chi connectivity index (χ0) is 11.5. The van der Waals surface area contributed by atoms with Gasteiger partial charge < -0.3 is 9.64 Å². The lowest BCUT2D eigenvalue weighted by molar-refractivity contribution is 0.0718. The van der Waals surface area contributed by atoms with Crippen molar-refractivity contribution < 1.29 is 9.53 Å². The van der Waals surface area contributed by atoms with Gasteiger partial charge in [0.05, 0.1) is 6.10 Å². The lowest BCUT2D eigenvalue weighted by Crippen LogP contribution is -2.31. The number of ether oxygens (including phenoxy) is 1. The lowest BCUT2D eigenvalue weighted by Gasteiger charge is -2.14. The fraction of sp³-hybridized carbons (Fsp3) is 0.500. The van der Waals surface area contributed by atoms with Crippen LogP contribution in [0, 0.1) is 0 Å². The predicted octanol–water partition coefficient (Wildman–Crippen LogP) is -0.369. The fourth-order valence-electron chi connectivity index (χ4n) is 1.73. The standard InChI is InChI=1S/C10H13N3O3/c1-16-7-4-5-13(6-7)10(15)8-2-3-9(14)12-11-8/h2-3,7H,4-6H2,1H3,(H,12,14). The molecule has 6 nitrogen and oxygen atoms in total. The molecule has 2 heterocycles. The normalized spacial score (nSPS) is 20.1. The maximum atomic E-state index is 11.9. The number of hydrogen-bond donors (Lipinski definition) is 1. The van der Waals surface area contributed by atoms with Crippen LogP contribution in [0.4, 0.5) is 0 Å². The summed E-state index contributed by atoms with van der Waals surface area (Å²) in [6, 6.07) is 2.73. The number of nitrogens with zero attached hydrogens (tertiary/aromatic N) is 2. The minimum Gasteiger partial charge on any atom is -0.380 e. The van der Waals surface area contributed by atoms with Crippen molar-refractivity contribution in [2.75, 3.05) is 20.2 Å². The lowest BCUT2D eigenvalue weighted by atomic mass is 10.3. The van der Waals surface area contributed by atoms with Gasteiger partial charge in [0.2, 0.25) is 0 Å². The van der Waals surface area contributed by atoms with E-state index in [1.807, 2.05) is 0 Å². The average Bonchev–Trinajstić information content (AvgIpc) is 2.77. The zero-order valence-electron chi connectivity index (χ0n) is 8.97. The molecular weight excluding hydrogens is 210 g/mol. The number of rotatable bonds is 2. The molecule has 16 heavy (non-hydrogen) atoms. The van der Waals surface area contributed by atoms with Crippen molar-refractivity contribution >= 4 is 5.91 Å². The van der Waals surface area contributed by atoms with Gasteiger partial charge in [-0.15, -0.1) is 0 Å². The van der Waals surface area contributed by atoms with Gasteiger partial charge in [0.1, 0.15) is 5.69 Å². The number of aromatic nitrogens is 2. The molecular formula is C10H13N3O3. The highest BCUT2D eigenvalue weighted by atomic mass is 16.5. The predicted molar refractivity (Wildman–Crippen MR) is 56.2 cm³/mol. The number of methoxy groups -OCH3 is 1. The highest BCUT2D eigenvalue weighted by Crippen LogP contribution is 2.13. The molecule has 0 bridgehead atoms. The van der Waals surface area contributed by atoms with Crippen molar-refractivity contribution in [3.63, 3.8) is 0 Å². The van der Waals surface area contributed by atoms with Gasteiger partial charge in [-0.25, -0.2) is 5.10 Å². The van der Waals surface area contributed by atoms with Crippen molar-refractivity contribution in [3.05, 3.63) is 28.2 Å². The van der Waals surface area contributed by atoms with Gasteiger partial charge in [0.25, 0.3) is 11.5 Å². The first-order valence-electron chi connectivity index (χ1n) is 5.08. The number of carbonyl (C=O) groups is 1. The molecule has 1 aliphatic rings. The molecule has 0 saturated carbocycles. The molecule has 1 aliphatic heterocycles. The fourth-order valence-corrected chi connectivity index (χ4v) is 1.73. The highest BCUT2D eigenvalue weighted by molar-refractivity contribution is 5.92. The molecule has 1 fully saturated rings.